The van der Waals surface area contributed by atoms with Crippen molar-refractivity contribution in [2.75, 3.05) is 0 Å². The molecule has 0 spiro atoms. The Morgan fingerprint density at radius 1 is 0.364 bits per heavy atom. The molecule has 0 atom stereocenters. The van der Waals surface area contributed by atoms with E-state index in [1.807, 2.05) is 127 Å². The molecule has 0 aliphatic carbocycles. The maximum absolute atomic E-state index is 9.54. The summed E-state index contributed by atoms with van der Waals surface area (Å²) in [5, 5.41) is -0.342. The summed E-state index contributed by atoms with van der Waals surface area (Å²) in [5.41, 5.74) is 4.24. The average Bonchev–Trinajstić information content (AvgIpc) is 3.73. The molecule has 4 heteroatoms. The van der Waals surface area contributed by atoms with Gasteiger partial charge in [-0.3, -0.25) is 0 Å². The Balaban J connectivity index is 1.37. The molecule has 10 aromatic rings. The van der Waals surface area contributed by atoms with E-state index in [0.29, 0.717) is 28.3 Å². The predicted octanol–water partition coefficient (Wildman–Crippen LogP) is 13.0. The summed E-state index contributed by atoms with van der Waals surface area (Å²) in [6.07, 6.45) is 0. The van der Waals surface area contributed by atoms with E-state index < -0.39 is 78.1 Å². The van der Waals surface area contributed by atoms with Gasteiger partial charge in [0.25, 0.3) is 0 Å². The molecule has 55 heavy (non-hydrogen) atoms. The monoisotopic (exact) mass is 714 g/mol. The fraction of sp³-hybridized carbons (Fsp3) is 0. The van der Waals surface area contributed by atoms with Crippen LogP contribution in [0.15, 0.2) is 206 Å². The molecule has 0 unspecified atom stereocenters. The maximum atomic E-state index is 9.54. The van der Waals surface area contributed by atoms with Gasteiger partial charge in [0.15, 0.2) is 17.5 Å². The van der Waals surface area contributed by atoms with Gasteiger partial charge >= 0.3 is 0 Å². The molecule has 0 fully saturated rings. The van der Waals surface area contributed by atoms with Crippen LogP contribution in [0.4, 0.5) is 0 Å². The summed E-state index contributed by atoms with van der Waals surface area (Å²) in [6.45, 7) is 0. The third-order valence-electron chi connectivity index (χ3n) is 9.45. The van der Waals surface area contributed by atoms with Crippen LogP contribution < -0.4 is 0 Å². The minimum Gasteiger partial charge on any atom is -0.308 e. The molecule has 258 valence electrons. The zero-order chi connectivity index (χ0) is 47.0. The number of para-hydroxylation sites is 1. The molecule has 8 aromatic carbocycles. The fourth-order valence-corrected chi connectivity index (χ4v) is 6.91. The summed E-state index contributed by atoms with van der Waals surface area (Å²) < 4.78 is 109. The first-order valence-electron chi connectivity index (χ1n) is 23.6. The lowest BCUT2D eigenvalue weighted by Gasteiger charge is -2.16. The van der Waals surface area contributed by atoms with Gasteiger partial charge in [-0.1, -0.05) is 176 Å². The summed E-state index contributed by atoms with van der Waals surface area (Å²) in [4.78, 5) is 15.2. The second-order valence-corrected chi connectivity index (χ2v) is 12.7. The highest BCUT2D eigenvalue weighted by atomic mass is 15.1. The van der Waals surface area contributed by atoms with Gasteiger partial charge in [0.05, 0.1) is 33.2 Å². The minimum absolute atomic E-state index is 0.144. The van der Waals surface area contributed by atoms with Crippen molar-refractivity contribution in [1.29, 1.82) is 0 Å². The van der Waals surface area contributed by atoms with Crippen molar-refractivity contribution in [3.63, 3.8) is 0 Å². The predicted molar refractivity (Wildman–Crippen MR) is 227 cm³/mol. The van der Waals surface area contributed by atoms with Crippen molar-refractivity contribution in [2.24, 2.45) is 0 Å². The molecule has 0 N–H and O–H groups in total. The topological polar surface area (TPSA) is 43.6 Å². The standard InChI is InChI=1S/C51H34N4/c1-5-17-35(18-6-1)39-25-15-26-41(33-39)50-52-49(38-23-11-4-12-24-38)53-51(54-50)44-34-40(36-19-7-2-8-20-36)31-32-46(44)55-45-29-14-13-27-43(45)48-42(28-16-30-47(48)55)37-21-9-3-10-22-37/h1-34H/i3D,9D,10D,13D,14D,16D,21D,22D,27D,28D,29D,30D. The van der Waals surface area contributed by atoms with E-state index >= 15 is 0 Å². The van der Waals surface area contributed by atoms with E-state index in [1.54, 1.807) is 6.07 Å². The van der Waals surface area contributed by atoms with Gasteiger partial charge in [-0.15, -0.1) is 0 Å². The summed E-state index contributed by atoms with van der Waals surface area (Å²) >= 11 is 0. The number of fused-ring (bicyclic) bond motifs is 3. The lowest BCUT2D eigenvalue weighted by Crippen LogP contribution is -2.04. The van der Waals surface area contributed by atoms with Crippen LogP contribution >= 0.6 is 0 Å². The number of nitrogens with zero attached hydrogens (tertiary/aromatic N) is 4. The number of aromatic nitrogens is 4. The Morgan fingerprint density at radius 2 is 0.927 bits per heavy atom. The average molecular weight is 715 g/mol. The largest absolute Gasteiger partial charge is 0.308 e. The van der Waals surface area contributed by atoms with E-state index in [2.05, 4.69) is 0 Å². The highest BCUT2D eigenvalue weighted by Crippen LogP contribution is 2.41. The zero-order valence-corrected chi connectivity index (χ0v) is 29.0. The van der Waals surface area contributed by atoms with Crippen molar-refractivity contribution in [3.8, 4) is 73.2 Å². The first kappa shape index (κ1) is 21.9. The number of hydrogen-bond donors (Lipinski definition) is 0. The number of hydrogen-bond acceptors (Lipinski definition) is 3. The lowest BCUT2D eigenvalue weighted by molar-refractivity contribution is 1.06. The number of benzene rings is 8. The molecule has 2 aromatic heterocycles. The smallest absolute Gasteiger partial charge is 0.166 e. The molecule has 0 aliphatic heterocycles. The molecule has 0 radical (unpaired) electrons. The van der Waals surface area contributed by atoms with Crippen LogP contribution in [0.5, 0.6) is 0 Å². The molecule has 0 bridgehead atoms. The third-order valence-corrected chi connectivity index (χ3v) is 9.45. The van der Waals surface area contributed by atoms with Crippen LogP contribution in [0.2, 0.25) is 0 Å². The van der Waals surface area contributed by atoms with Crippen LogP contribution in [-0.2, 0) is 0 Å². The van der Waals surface area contributed by atoms with E-state index in [1.165, 1.54) is 4.57 Å². The van der Waals surface area contributed by atoms with E-state index in [9.17, 15) is 6.85 Å². The quantitative estimate of drug-likeness (QED) is 0.165. The van der Waals surface area contributed by atoms with E-state index in [-0.39, 0.29) is 38.9 Å². The van der Waals surface area contributed by atoms with Crippen molar-refractivity contribution in [3.05, 3.63) is 206 Å². The first-order valence-corrected chi connectivity index (χ1v) is 17.6. The second kappa shape index (κ2) is 13.8. The molecule has 0 aliphatic rings. The molecule has 2 heterocycles. The van der Waals surface area contributed by atoms with Crippen molar-refractivity contribution in [1.82, 2.24) is 19.5 Å². The van der Waals surface area contributed by atoms with E-state index in [4.69, 9.17) is 24.5 Å². The van der Waals surface area contributed by atoms with E-state index in [0.717, 1.165) is 22.3 Å². The molecular formula is C51H34N4. The third kappa shape index (κ3) is 5.96. The van der Waals surface area contributed by atoms with Gasteiger partial charge in [0.1, 0.15) is 0 Å². The van der Waals surface area contributed by atoms with Gasteiger partial charge in [-0.05, 0) is 63.7 Å². The maximum Gasteiger partial charge on any atom is 0.166 e. The van der Waals surface area contributed by atoms with Crippen LogP contribution in [0.3, 0.4) is 0 Å². The lowest BCUT2D eigenvalue weighted by atomic mass is 9.99. The SMILES string of the molecule is [2H]c1c([2H])c([2H])c(-c2c([2H])c([2H])c([2H])c3c2c2c([2H])c([2H])c([2H])c([2H])c2n3-c2ccc(-c3ccccc3)cc2-c2nc(-c3ccccc3)nc(-c3cccc(-c4ccccc4)c3)n2)c([2H])c1[2H]. The Labute approximate surface area is 336 Å². The van der Waals surface area contributed by atoms with Crippen molar-refractivity contribution >= 4 is 21.8 Å². The van der Waals surface area contributed by atoms with Crippen molar-refractivity contribution < 1.29 is 16.4 Å². The molecule has 0 saturated heterocycles. The fourth-order valence-electron chi connectivity index (χ4n) is 6.91. The Hall–Kier alpha value is -7.43. The second-order valence-electron chi connectivity index (χ2n) is 12.7. The van der Waals surface area contributed by atoms with Gasteiger partial charge in [0, 0.05) is 27.5 Å². The van der Waals surface area contributed by atoms with Crippen LogP contribution in [0.1, 0.15) is 16.4 Å². The molecule has 10 rings (SSSR count). The molecule has 0 amide bonds. The number of rotatable bonds is 7. The van der Waals surface area contributed by atoms with Gasteiger partial charge < -0.3 is 4.57 Å². The summed E-state index contributed by atoms with van der Waals surface area (Å²) in [7, 11) is 0. The zero-order valence-electron chi connectivity index (χ0n) is 41.0. The summed E-state index contributed by atoms with van der Waals surface area (Å²) in [5.74, 6) is 0.791. The normalized spacial score (nSPS) is 14.3. The molecular weight excluding hydrogens is 669 g/mol. The summed E-state index contributed by atoms with van der Waals surface area (Å²) in [6, 6.07) is 34.2. The van der Waals surface area contributed by atoms with Crippen LogP contribution in [0, 0.1) is 0 Å². The highest BCUT2D eigenvalue weighted by molar-refractivity contribution is 6.16. The van der Waals surface area contributed by atoms with Crippen molar-refractivity contribution in [2.45, 2.75) is 0 Å². The molecule has 0 saturated carbocycles. The van der Waals surface area contributed by atoms with Gasteiger partial charge in [-0.25, -0.2) is 15.0 Å². The Kier molecular flexibility index (Phi) is 5.52. The Bertz CT molecular complexity index is 3630. The Morgan fingerprint density at radius 3 is 1.65 bits per heavy atom. The molecule has 4 nitrogen and oxygen atoms in total. The van der Waals surface area contributed by atoms with Gasteiger partial charge in [-0.2, -0.15) is 0 Å². The van der Waals surface area contributed by atoms with Gasteiger partial charge in [0.2, 0.25) is 0 Å². The van der Waals surface area contributed by atoms with Crippen LogP contribution in [0.25, 0.3) is 95.0 Å². The highest BCUT2D eigenvalue weighted by Gasteiger charge is 2.22. The van der Waals surface area contributed by atoms with Crippen LogP contribution in [-0.4, -0.2) is 19.5 Å². The minimum atomic E-state index is -0.705. The first-order chi connectivity index (χ1) is 32.3.